The highest BCUT2D eigenvalue weighted by Crippen LogP contribution is 2.29. The molecule has 134 valence electrons. The molecule has 0 aliphatic carbocycles. The zero-order valence-electron chi connectivity index (χ0n) is 15.0. The number of pyridine rings is 1. The first-order valence-corrected chi connectivity index (χ1v) is 9.29. The molecule has 0 bridgehead atoms. The second-order valence-corrected chi connectivity index (χ2v) is 6.94. The van der Waals surface area contributed by atoms with Crippen LogP contribution in [-0.4, -0.2) is 31.2 Å². The highest BCUT2D eigenvalue weighted by atomic mass is 15.2. The SMILES string of the molecule is c1ccc(-c2n[nH]c3c2CN(Cc2cccn2-c2cccnc2)CC3)cc1. The van der Waals surface area contributed by atoms with Gasteiger partial charge in [0.25, 0.3) is 0 Å². The molecule has 0 unspecified atom stereocenters. The molecule has 0 amide bonds. The minimum Gasteiger partial charge on any atom is -0.318 e. The molecule has 0 saturated carbocycles. The molecule has 3 aromatic heterocycles. The van der Waals surface area contributed by atoms with Gasteiger partial charge in [-0.25, -0.2) is 0 Å². The highest BCUT2D eigenvalue weighted by molar-refractivity contribution is 5.64. The van der Waals surface area contributed by atoms with Crippen LogP contribution in [0.25, 0.3) is 16.9 Å². The fourth-order valence-electron chi connectivity index (χ4n) is 3.84. The largest absolute Gasteiger partial charge is 0.318 e. The van der Waals surface area contributed by atoms with E-state index in [0.29, 0.717) is 0 Å². The number of hydrogen-bond donors (Lipinski definition) is 1. The van der Waals surface area contributed by atoms with Gasteiger partial charge in [0.2, 0.25) is 0 Å². The predicted molar refractivity (Wildman–Crippen MR) is 105 cm³/mol. The van der Waals surface area contributed by atoms with Crippen molar-refractivity contribution in [2.45, 2.75) is 19.5 Å². The minimum absolute atomic E-state index is 0.904. The second-order valence-electron chi connectivity index (χ2n) is 6.94. The molecule has 1 aliphatic rings. The first-order chi connectivity index (χ1) is 13.4. The Morgan fingerprint density at radius 3 is 2.78 bits per heavy atom. The van der Waals surface area contributed by atoms with E-state index in [-0.39, 0.29) is 0 Å². The van der Waals surface area contributed by atoms with Crippen LogP contribution < -0.4 is 0 Å². The zero-order valence-corrected chi connectivity index (χ0v) is 15.0. The average Bonchev–Trinajstić information content (AvgIpc) is 3.36. The molecule has 4 aromatic rings. The van der Waals surface area contributed by atoms with Gasteiger partial charge in [0.15, 0.2) is 0 Å². The molecule has 27 heavy (non-hydrogen) atoms. The van der Waals surface area contributed by atoms with E-state index in [1.165, 1.54) is 22.5 Å². The molecule has 4 heterocycles. The van der Waals surface area contributed by atoms with Crippen LogP contribution >= 0.6 is 0 Å². The molecule has 5 rings (SSSR count). The molecule has 1 N–H and O–H groups in total. The molecule has 0 saturated heterocycles. The van der Waals surface area contributed by atoms with Crippen molar-refractivity contribution in [2.24, 2.45) is 0 Å². The Hall–Kier alpha value is -3.18. The number of nitrogens with one attached hydrogen (secondary N) is 1. The summed E-state index contributed by atoms with van der Waals surface area (Å²) < 4.78 is 2.22. The van der Waals surface area contributed by atoms with Crippen molar-refractivity contribution in [2.75, 3.05) is 6.54 Å². The van der Waals surface area contributed by atoms with Crippen molar-refractivity contribution in [3.05, 3.63) is 90.1 Å². The molecule has 0 radical (unpaired) electrons. The summed E-state index contributed by atoms with van der Waals surface area (Å²) in [5.41, 5.74) is 7.23. The van der Waals surface area contributed by atoms with Gasteiger partial charge in [-0.05, 0) is 24.3 Å². The molecular weight excluding hydrogens is 334 g/mol. The fourth-order valence-corrected chi connectivity index (χ4v) is 3.84. The highest BCUT2D eigenvalue weighted by Gasteiger charge is 2.23. The summed E-state index contributed by atoms with van der Waals surface area (Å²) in [6.45, 7) is 2.84. The van der Waals surface area contributed by atoms with E-state index in [9.17, 15) is 0 Å². The van der Waals surface area contributed by atoms with Gasteiger partial charge in [-0.3, -0.25) is 15.0 Å². The van der Waals surface area contributed by atoms with Crippen LogP contribution in [-0.2, 0) is 19.5 Å². The number of aromatic amines is 1. The Balaban J connectivity index is 1.40. The van der Waals surface area contributed by atoms with Gasteiger partial charge in [0.05, 0.1) is 17.6 Å². The fraction of sp³-hybridized carbons (Fsp3) is 0.182. The standard InChI is InChI=1S/C22H21N5/c1-2-6-17(7-3-1)22-20-16-26(13-10-21(20)24-25-22)15-19-9-5-12-27(19)18-8-4-11-23-14-18/h1-9,11-12,14H,10,13,15-16H2,(H,24,25). The van der Waals surface area contributed by atoms with E-state index in [1.807, 2.05) is 24.5 Å². The number of hydrogen-bond acceptors (Lipinski definition) is 3. The molecule has 0 fully saturated rings. The lowest BCUT2D eigenvalue weighted by molar-refractivity contribution is 0.241. The monoisotopic (exact) mass is 355 g/mol. The van der Waals surface area contributed by atoms with Crippen LogP contribution in [0.3, 0.4) is 0 Å². The van der Waals surface area contributed by atoms with Gasteiger partial charge in [-0.2, -0.15) is 5.10 Å². The molecule has 0 atom stereocenters. The maximum absolute atomic E-state index is 4.60. The normalized spacial score (nSPS) is 14.2. The number of fused-ring (bicyclic) bond motifs is 1. The van der Waals surface area contributed by atoms with Crippen molar-refractivity contribution in [1.29, 1.82) is 0 Å². The van der Waals surface area contributed by atoms with E-state index in [1.54, 1.807) is 0 Å². The maximum Gasteiger partial charge on any atom is 0.0968 e. The summed E-state index contributed by atoms with van der Waals surface area (Å²) in [6, 6.07) is 18.8. The van der Waals surface area contributed by atoms with Crippen LogP contribution in [0.5, 0.6) is 0 Å². The third-order valence-electron chi connectivity index (χ3n) is 5.20. The van der Waals surface area contributed by atoms with Gasteiger partial charge in [-0.1, -0.05) is 30.3 Å². The summed E-state index contributed by atoms with van der Waals surface area (Å²) >= 11 is 0. The first-order valence-electron chi connectivity index (χ1n) is 9.29. The van der Waals surface area contributed by atoms with Crippen LogP contribution in [0.1, 0.15) is 17.0 Å². The summed E-state index contributed by atoms with van der Waals surface area (Å²) in [5, 5.41) is 7.85. The quantitative estimate of drug-likeness (QED) is 0.605. The van der Waals surface area contributed by atoms with Crippen LogP contribution in [0, 0.1) is 0 Å². The lowest BCUT2D eigenvalue weighted by Crippen LogP contribution is -2.30. The van der Waals surface area contributed by atoms with E-state index >= 15 is 0 Å². The molecular formula is C22H21N5. The number of nitrogens with zero attached hydrogens (tertiary/aromatic N) is 4. The lowest BCUT2D eigenvalue weighted by atomic mass is 10.0. The lowest BCUT2D eigenvalue weighted by Gasteiger charge is -2.27. The maximum atomic E-state index is 4.60. The van der Waals surface area contributed by atoms with Crippen LogP contribution in [0.4, 0.5) is 0 Å². The number of benzene rings is 1. The number of aromatic nitrogens is 4. The third kappa shape index (κ3) is 3.06. The smallest absolute Gasteiger partial charge is 0.0968 e. The van der Waals surface area contributed by atoms with Crippen molar-refractivity contribution < 1.29 is 0 Å². The molecule has 1 aromatic carbocycles. The van der Waals surface area contributed by atoms with Gasteiger partial charge in [0, 0.05) is 61.0 Å². The van der Waals surface area contributed by atoms with Gasteiger partial charge in [-0.15, -0.1) is 0 Å². The van der Waals surface area contributed by atoms with Crippen LogP contribution in [0.2, 0.25) is 0 Å². The Morgan fingerprint density at radius 2 is 1.93 bits per heavy atom. The molecule has 5 nitrogen and oxygen atoms in total. The van der Waals surface area contributed by atoms with Crippen molar-refractivity contribution in [3.63, 3.8) is 0 Å². The minimum atomic E-state index is 0.904. The summed E-state index contributed by atoms with van der Waals surface area (Å²) in [4.78, 5) is 6.74. The Morgan fingerprint density at radius 1 is 1.00 bits per heavy atom. The Bertz CT molecular complexity index is 1030. The van der Waals surface area contributed by atoms with Gasteiger partial charge < -0.3 is 4.57 Å². The summed E-state index contributed by atoms with van der Waals surface area (Å²) in [5.74, 6) is 0. The van der Waals surface area contributed by atoms with Crippen LogP contribution in [0.15, 0.2) is 73.2 Å². The summed E-state index contributed by atoms with van der Waals surface area (Å²) in [6.07, 6.45) is 6.82. The Kier molecular flexibility index (Phi) is 4.07. The predicted octanol–water partition coefficient (Wildman–Crippen LogP) is 3.82. The zero-order chi connectivity index (χ0) is 18.1. The van der Waals surface area contributed by atoms with E-state index in [4.69, 9.17) is 0 Å². The average molecular weight is 355 g/mol. The Labute approximate surface area is 158 Å². The van der Waals surface area contributed by atoms with Crippen molar-refractivity contribution in [3.8, 4) is 16.9 Å². The van der Waals surface area contributed by atoms with E-state index < -0.39 is 0 Å². The summed E-state index contributed by atoms with van der Waals surface area (Å²) in [7, 11) is 0. The van der Waals surface area contributed by atoms with Crippen molar-refractivity contribution >= 4 is 0 Å². The number of rotatable bonds is 4. The van der Waals surface area contributed by atoms with E-state index in [2.05, 4.69) is 73.3 Å². The molecule has 0 spiro atoms. The molecule has 1 aliphatic heterocycles. The van der Waals surface area contributed by atoms with E-state index in [0.717, 1.165) is 37.4 Å². The topological polar surface area (TPSA) is 49.7 Å². The van der Waals surface area contributed by atoms with Gasteiger partial charge >= 0.3 is 0 Å². The van der Waals surface area contributed by atoms with Gasteiger partial charge in [0.1, 0.15) is 0 Å². The van der Waals surface area contributed by atoms with Crippen molar-refractivity contribution in [1.82, 2.24) is 24.6 Å². The second kappa shape index (κ2) is 6.85. The first kappa shape index (κ1) is 16.0. The third-order valence-corrected chi connectivity index (χ3v) is 5.20. The number of H-pyrrole nitrogens is 1. The molecule has 5 heteroatoms.